The third kappa shape index (κ3) is 3.38. The number of hydrogen-bond acceptors (Lipinski definition) is 5. The van der Waals surface area contributed by atoms with Gasteiger partial charge in [-0.2, -0.15) is 5.26 Å². The van der Waals surface area contributed by atoms with Gasteiger partial charge in [0.25, 0.3) is 0 Å². The zero-order chi connectivity index (χ0) is 21.4. The first kappa shape index (κ1) is 20.2. The van der Waals surface area contributed by atoms with Gasteiger partial charge in [0, 0.05) is 37.3 Å². The standard InChI is InChI=1S/C22H19ClFN3O3/c1-2-18(29)27-7-6-26-10-14-8-13(9-25)19(20-16(24)4-3-5-17(20)28)21(23)22(14)30-12-15(26)11-27/h2-5,8,15,28H,1,6-7,10-12H2/t15-/m1/s1. The second-order valence-corrected chi connectivity index (χ2v) is 7.65. The first-order valence-corrected chi connectivity index (χ1v) is 9.84. The number of nitriles is 1. The topological polar surface area (TPSA) is 76.8 Å². The Balaban J connectivity index is 1.76. The molecule has 2 aromatic carbocycles. The van der Waals surface area contributed by atoms with Crippen LogP contribution in [0.2, 0.25) is 5.02 Å². The molecule has 2 heterocycles. The maximum absolute atomic E-state index is 14.5. The number of nitrogens with zero attached hydrogens (tertiary/aromatic N) is 3. The second-order valence-electron chi connectivity index (χ2n) is 7.27. The van der Waals surface area contributed by atoms with Crippen molar-refractivity contribution in [1.82, 2.24) is 9.80 Å². The van der Waals surface area contributed by atoms with Gasteiger partial charge >= 0.3 is 0 Å². The van der Waals surface area contributed by atoms with E-state index < -0.39 is 5.82 Å². The molecule has 0 unspecified atom stereocenters. The molecule has 0 bridgehead atoms. The van der Waals surface area contributed by atoms with Crippen molar-refractivity contribution in [3.05, 3.63) is 58.9 Å². The summed E-state index contributed by atoms with van der Waals surface area (Å²) < 4.78 is 20.5. The van der Waals surface area contributed by atoms with Crippen LogP contribution in [0.25, 0.3) is 11.1 Å². The molecule has 0 aromatic heterocycles. The highest BCUT2D eigenvalue weighted by Crippen LogP contribution is 2.45. The van der Waals surface area contributed by atoms with Gasteiger partial charge in [-0.3, -0.25) is 9.69 Å². The summed E-state index contributed by atoms with van der Waals surface area (Å²) in [6.45, 7) is 6.00. The van der Waals surface area contributed by atoms with Gasteiger partial charge in [0.05, 0.1) is 28.3 Å². The Kier molecular flexibility index (Phi) is 5.37. The molecular weight excluding hydrogens is 409 g/mol. The number of hydrogen-bond donors (Lipinski definition) is 1. The molecule has 0 spiro atoms. The van der Waals surface area contributed by atoms with Gasteiger partial charge in [0.2, 0.25) is 5.91 Å². The van der Waals surface area contributed by atoms with Crippen LogP contribution in [0.15, 0.2) is 36.9 Å². The summed E-state index contributed by atoms with van der Waals surface area (Å²) in [5.74, 6) is -0.751. The number of piperazine rings is 1. The van der Waals surface area contributed by atoms with Crippen molar-refractivity contribution in [2.24, 2.45) is 0 Å². The highest BCUT2D eigenvalue weighted by molar-refractivity contribution is 6.35. The maximum Gasteiger partial charge on any atom is 0.246 e. The Bertz CT molecular complexity index is 1060. The lowest BCUT2D eigenvalue weighted by atomic mass is 9.95. The molecule has 1 saturated heterocycles. The number of rotatable bonds is 2. The normalized spacial score (nSPS) is 18.4. The quantitative estimate of drug-likeness (QED) is 0.744. The Morgan fingerprint density at radius 3 is 2.90 bits per heavy atom. The molecule has 0 aliphatic carbocycles. The summed E-state index contributed by atoms with van der Waals surface area (Å²) in [6.07, 6.45) is 1.30. The summed E-state index contributed by atoms with van der Waals surface area (Å²) in [5, 5.41) is 20.0. The van der Waals surface area contributed by atoms with Crippen molar-refractivity contribution in [2.45, 2.75) is 12.6 Å². The first-order chi connectivity index (χ1) is 14.4. The number of aromatic hydroxyl groups is 1. The Hall–Kier alpha value is -3.08. The molecule has 1 N–H and O–H groups in total. The fraction of sp³-hybridized carbons (Fsp3) is 0.273. The van der Waals surface area contributed by atoms with Gasteiger partial charge in [-0.25, -0.2) is 4.39 Å². The molecule has 6 nitrogen and oxygen atoms in total. The highest BCUT2D eigenvalue weighted by atomic mass is 35.5. The van der Waals surface area contributed by atoms with Gasteiger partial charge in [-0.05, 0) is 24.3 Å². The summed E-state index contributed by atoms with van der Waals surface area (Å²) >= 11 is 6.61. The molecule has 0 radical (unpaired) electrons. The molecule has 4 rings (SSSR count). The SMILES string of the molecule is C=CC(=O)N1CCN2Cc3cc(C#N)c(-c4c(O)cccc4F)c(Cl)c3OC[C@H]2C1. The van der Waals surface area contributed by atoms with Crippen LogP contribution in [-0.4, -0.2) is 53.1 Å². The maximum atomic E-state index is 14.5. The molecule has 30 heavy (non-hydrogen) atoms. The van der Waals surface area contributed by atoms with Gasteiger partial charge in [-0.15, -0.1) is 0 Å². The van der Waals surface area contributed by atoms with Gasteiger partial charge in [-0.1, -0.05) is 24.2 Å². The van der Waals surface area contributed by atoms with Crippen LogP contribution >= 0.6 is 11.6 Å². The summed E-state index contributed by atoms with van der Waals surface area (Å²) in [4.78, 5) is 15.9. The van der Waals surface area contributed by atoms with Crippen molar-refractivity contribution in [3.63, 3.8) is 0 Å². The number of amides is 1. The van der Waals surface area contributed by atoms with E-state index in [-0.39, 0.29) is 46.0 Å². The van der Waals surface area contributed by atoms with E-state index in [0.717, 1.165) is 0 Å². The number of ether oxygens (including phenoxy) is 1. The molecule has 154 valence electrons. The molecule has 0 saturated carbocycles. The zero-order valence-electron chi connectivity index (χ0n) is 16.1. The van der Waals surface area contributed by atoms with Gasteiger partial charge < -0.3 is 14.7 Å². The molecule has 2 aliphatic heterocycles. The van der Waals surface area contributed by atoms with Crippen LogP contribution in [0.1, 0.15) is 11.1 Å². The van der Waals surface area contributed by atoms with Crippen molar-refractivity contribution >= 4 is 17.5 Å². The minimum Gasteiger partial charge on any atom is -0.507 e. The summed E-state index contributed by atoms with van der Waals surface area (Å²) in [5.41, 5.74) is 0.843. The third-order valence-corrected chi connectivity index (χ3v) is 5.91. The largest absolute Gasteiger partial charge is 0.507 e. The minimum atomic E-state index is -0.682. The molecule has 8 heteroatoms. The smallest absolute Gasteiger partial charge is 0.246 e. The number of phenolic OH excluding ortho intramolecular Hbond substituents is 1. The van der Waals surface area contributed by atoms with Crippen molar-refractivity contribution in [3.8, 4) is 28.7 Å². The van der Waals surface area contributed by atoms with E-state index in [1.807, 2.05) is 0 Å². The number of phenols is 1. The van der Waals surface area contributed by atoms with E-state index in [1.54, 1.807) is 11.0 Å². The van der Waals surface area contributed by atoms with E-state index in [9.17, 15) is 19.6 Å². The van der Waals surface area contributed by atoms with Crippen molar-refractivity contribution in [1.29, 1.82) is 5.26 Å². The summed E-state index contributed by atoms with van der Waals surface area (Å²) in [6, 6.07) is 7.56. The number of fused-ring (bicyclic) bond motifs is 2. The van der Waals surface area contributed by atoms with E-state index in [1.165, 1.54) is 24.3 Å². The van der Waals surface area contributed by atoms with E-state index >= 15 is 0 Å². The monoisotopic (exact) mass is 427 g/mol. The van der Waals surface area contributed by atoms with Crippen LogP contribution in [0.5, 0.6) is 11.5 Å². The zero-order valence-corrected chi connectivity index (χ0v) is 16.8. The minimum absolute atomic E-state index is 0.0537. The lowest BCUT2D eigenvalue weighted by molar-refractivity contribution is -0.129. The Morgan fingerprint density at radius 1 is 1.40 bits per heavy atom. The lowest BCUT2D eigenvalue weighted by Crippen LogP contribution is -2.55. The van der Waals surface area contributed by atoms with Crippen LogP contribution in [0.4, 0.5) is 4.39 Å². The lowest BCUT2D eigenvalue weighted by Gasteiger charge is -2.39. The molecular formula is C22H19ClFN3O3. The highest BCUT2D eigenvalue weighted by Gasteiger charge is 2.34. The van der Waals surface area contributed by atoms with Gasteiger partial charge in [0.15, 0.2) is 0 Å². The molecule has 1 fully saturated rings. The van der Waals surface area contributed by atoms with Crippen LogP contribution in [0.3, 0.4) is 0 Å². The van der Waals surface area contributed by atoms with E-state index in [4.69, 9.17) is 16.3 Å². The fourth-order valence-corrected chi connectivity index (χ4v) is 4.41. The van der Waals surface area contributed by atoms with Gasteiger partial charge in [0.1, 0.15) is 23.9 Å². The van der Waals surface area contributed by atoms with Crippen LogP contribution < -0.4 is 4.74 Å². The van der Waals surface area contributed by atoms with Crippen LogP contribution in [0, 0.1) is 17.1 Å². The number of carbonyl (C=O) groups excluding carboxylic acids is 1. The average molecular weight is 428 g/mol. The average Bonchev–Trinajstić information content (AvgIpc) is 2.93. The molecule has 2 aliphatic rings. The number of halogens is 2. The fourth-order valence-electron chi connectivity index (χ4n) is 4.04. The molecule has 2 aromatic rings. The van der Waals surface area contributed by atoms with E-state index in [2.05, 4.69) is 17.5 Å². The number of carbonyl (C=O) groups is 1. The predicted octanol–water partition coefficient (Wildman–Crippen LogP) is 3.31. The number of benzene rings is 2. The first-order valence-electron chi connectivity index (χ1n) is 9.46. The predicted molar refractivity (Wildman–Crippen MR) is 110 cm³/mol. The summed E-state index contributed by atoms with van der Waals surface area (Å²) in [7, 11) is 0. The van der Waals surface area contributed by atoms with Crippen molar-refractivity contribution < 1.29 is 19.0 Å². The Morgan fingerprint density at radius 2 is 2.20 bits per heavy atom. The van der Waals surface area contributed by atoms with Crippen LogP contribution in [-0.2, 0) is 11.3 Å². The second kappa shape index (κ2) is 7.98. The Labute approximate surface area is 178 Å². The molecule has 1 amide bonds. The van der Waals surface area contributed by atoms with E-state index in [0.29, 0.717) is 37.5 Å². The third-order valence-electron chi connectivity index (χ3n) is 5.54. The van der Waals surface area contributed by atoms with Crippen molar-refractivity contribution in [2.75, 3.05) is 26.2 Å². The molecule has 1 atom stereocenters.